The summed E-state index contributed by atoms with van der Waals surface area (Å²) in [5, 5.41) is 0. The number of pyridine rings is 2. The maximum Gasteiger partial charge on any atom is 0.255 e. The Morgan fingerprint density at radius 3 is 2.75 bits per heavy atom. The largest absolute Gasteiger partial charge is 0.338 e. The summed E-state index contributed by atoms with van der Waals surface area (Å²) >= 11 is 0. The number of carbonyl (C=O) groups excluding carboxylic acids is 1. The SMILES string of the molecule is Cc1ncc(-c2ccc(C[C@@H]3CCCN(C(=O)c4cccnc4)C3)cn2)n1C. The normalized spacial score (nSPS) is 16.9. The minimum atomic E-state index is 0.0813. The number of hydrogen-bond donors (Lipinski definition) is 0. The molecule has 0 aliphatic carbocycles. The van der Waals surface area contributed by atoms with E-state index in [0.29, 0.717) is 11.5 Å². The predicted octanol–water partition coefficient (Wildman–Crippen LogP) is 3.28. The fraction of sp³-hybridized carbons (Fsp3) is 0.364. The monoisotopic (exact) mass is 375 g/mol. The summed E-state index contributed by atoms with van der Waals surface area (Å²) in [5.74, 6) is 1.51. The van der Waals surface area contributed by atoms with Crippen molar-refractivity contribution >= 4 is 5.91 Å². The first-order valence-corrected chi connectivity index (χ1v) is 9.74. The molecule has 1 saturated heterocycles. The molecule has 1 amide bonds. The van der Waals surface area contributed by atoms with Crippen LogP contribution in [-0.2, 0) is 13.5 Å². The second-order valence-corrected chi connectivity index (χ2v) is 7.51. The third-order valence-electron chi connectivity index (χ3n) is 5.55. The summed E-state index contributed by atoms with van der Waals surface area (Å²) < 4.78 is 2.05. The van der Waals surface area contributed by atoms with Gasteiger partial charge in [0, 0.05) is 38.7 Å². The molecule has 3 aromatic rings. The van der Waals surface area contributed by atoms with Crippen molar-refractivity contribution in [2.75, 3.05) is 13.1 Å². The van der Waals surface area contributed by atoms with E-state index < -0.39 is 0 Å². The van der Waals surface area contributed by atoms with E-state index in [-0.39, 0.29) is 5.91 Å². The molecular formula is C22H25N5O. The van der Waals surface area contributed by atoms with Crippen molar-refractivity contribution in [2.24, 2.45) is 13.0 Å². The first kappa shape index (κ1) is 18.3. The Balaban J connectivity index is 1.41. The van der Waals surface area contributed by atoms with Gasteiger partial charge in [0.15, 0.2) is 0 Å². The van der Waals surface area contributed by atoms with E-state index in [1.54, 1.807) is 12.4 Å². The molecule has 28 heavy (non-hydrogen) atoms. The lowest BCUT2D eigenvalue weighted by molar-refractivity contribution is 0.0673. The summed E-state index contributed by atoms with van der Waals surface area (Å²) in [6.45, 7) is 3.59. The van der Waals surface area contributed by atoms with E-state index in [4.69, 9.17) is 0 Å². The van der Waals surface area contributed by atoms with Gasteiger partial charge in [0.1, 0.15) is 5.82 Å². The molecule has 3 aromatic heterocycles. The van der Waals surface area contributed by atoms with Crippen molar-refractivity contribution in [2.45, 2.75) is 26.2 Å². The van der Waals surface area contributed by atoms with Gasteiger partial charge in [-0.15, -0.1) is 0 Å². The minimum absolute atomic E-state index is 0.0813. The zero-order valence-corrected chi connectivity index (χ0v) is 16.4. The van der Waals surface area contributed by atoms with Gasteiger partial charge in [0.05, 0.1) is 23.1 Å². The first-order valence-electron chi connectivity index (χ1n) is 9.74. The quantitative estimate of drug-likeness (QED) is 0.702. The third kappa shape index (κ3) is 3.81. The molecule has 0 N–H and O–H groups in total. The van der Waals surface area contributed by atoms with E-state index in [2.05, 4.69) is 27.1 Å². The molecule has 0 aromatic carbocycles. The Bertz CT molecular complexity index is 949. The van der Waals surface area contributed by atoms with Gasteiger partial charge >= 0.3 is 0 Å². The molecule has 1 atom stereocenters. The van der Waals surface area contributed by atoms with Gasteiger partial charge in [0.25, 0.3) is 5.91 Å². The number of amides is 1. The van der Waals surface area contributed by atoms with E-state index in [1.807, 2.05) is 48.0 Å². The van der Waals surface area contributed by atoms with Crippen molar-refractivity contribution in [1.82, 2.24) is 24.4 Å². The zero-order valence-electron chi connectivity index (χ0n) is 16.4. The fourth-order valence-corrected chi connectivity index (χ4v) is 3.86. The number of carbonyl (C=O) groups is 1. The molecule has 0 bridgehead atoms. The van der Waals surface area contributed by atoms with Crippen molar-refractivity contribution in [3.05, 3.63) is 66.0 Å². The van der Waals surface area contributed by atoms with Gasteiger partial charge in [0.2, 0.25) is 0 Å². The average molecular weight is 375 g/mol. The van der Waals surface area contributed by atoms with Crippen molar-refractivity contribution in [1.29, 1.82) is 0 Å². The lowest BCUT2D eigenvalue weighted by atomic mass is 9.91. The molecule has 0 saturated carbocycles. The smallest absolute Gasteiger partial charge is 0.255 e. The number of imidazole rings is 1. The highest BCUT2D eigenvalue weighted by atomic mass is 16.2. The van der Waals surface area contributed by atoms with Crippen LogP contribution in [0.15, 0.2) is 49.1 Å². The average Bonchev–Trinajstić information content (AvgIpc) is 3.07. The molecule has 144 valence electrons. The molecule has 4 rings (SSSR count). The molecule has 6 nitrogen and oxygen atoms in total. The number of aryl methyl sites for hydroxylation is 1. The van der Waals surface area contributed by atoms with Crippen LogP contribution in [0.3, 0.4) is 0 Å². The van der Waals surface area contributed by atoms with E-state index in [9.17, 15) is 4.79 Å². The van der Waals surface area contributed by atoms with E-state index in [1.165, 1.54) is 5.56 Å². The van der Waals surface area contributed by atoms with Gasteiger partial charge in [-0.25, -0.2) is 4.98 Å². The lowest BCUT2D eigenvalue weighted by Crippen LogP contribution is -2.40. The molecular weight excluding hydrogens is 350 g/mol. The zero-order chi connectivity index (χ0) is 19.5. The van der Waals surface area contributed by atoms with Gasteiger partial charge in [-0.3, -0.25) is 14.8 Å². The summed E-state index contributed by atoms with van der Waals surface area (Å²) in [6, 6.07) is 7.85. The van der Waals surface area contributed by atoms with Crippen LogP contribution in [0.4, 0.5) is 0 Å². The van der Waals surface area contributed by atoms with Crippen LogP contribution in [0.5, 0.6) is 0 Å². The van der Waals surface area contributed by atoms with Gasteiger partial charge in [-0.2, -0.15) is 0 Å². The van der Waals surface area contributed by atoms with Crippen LogP contribution < -0.4 is 0 Å². The summed E-state index contributed by atoms with van der Waals surface area (Å²) in [6.07, 6.45) is 10.3. The van der Waals surface area contributed by atoms with Gasteiger partial charge in [-0.1, -0.05) is 6.07 Å². The minimum Gasteiger partial charge on any atom is -0.338 e. The highest BCUT2D eigenvalue weighted by Gasteiger charge is 2.24. The van der Waals surface area contributed by atoms with Gasteiger partial charge < -0.3 is 9.47 Å². The van der Waals surface area contributed by atoms with E-state index >= 15 is 0 Å². The lowest BCUT2D eigenvalue weighted by Gasteiger charge is -2.33. The van der Waals surface area contributed by atoms with Crippen LogP contribution >= 0.6 is 0 Å². The third-order valence-corrected chi connectivity index (χ3v) is 5.55. The van der Waals surface area contributed by atoms with Crippen LogP contribution in [0.1, 0.15) is 34.6 Å². The maximum atomic E-state index is 12.7. The molecule has 1 aliphatic rings. The maximum absolute atomic E-state index is 12.7. The molecule has 1 fully saturated rings. The number of likely N-dealkylation sites (tertiary alicyclic amines) is 1. The van der Waals surface area contributed by atoms with Gasteiger partial charge in [-0.05, 0) is 55.9 Å². The van der Waals surface area contributed by atoms with Crippen molar-refractivity contribution in [3.8, 4) is 11.4 Å². The molecule has 4 heterocycles. The second kappa shape index (κ2) is 7.92. The Labute approximate surface area is 165 Å². The first-order chi connectivity index (χ1) is 13.6. The summed E-state index contributed by atoms with van der Waals surface area (Å²) in [4.78, 5) is 27.7. The van der Waals surface area contributed by atoms with Crippen molar-refractivity contribution in [3.63, 3.8) is 0 Å². The summed E-state index contributed by atoms with van der Waals surface area (Å²) in [5.41, 5.74) is 3.84. The number of piperidine rings is 1. The molecule has 0 spiro atoms. The highest BCUT2D eigenvalue weighted by Crippen LogP contribution is 2.23. The Morgan fingerprint density at radius 2 is 2.07 bits per heavy atom. The van der Waals surface area contributed by atoms with Crippen LogP contribution in [0.25, 0.3) is 11.4 Å². The molecule has 1 aliphatic heterocycles. The topological polar surface area (TPSA) is 63.9 Å². The van der Waals surface area contributed by atoms with Crippen molar-refractivity contribution < 1.29 is 4.79 Å². The Kier molecular flexibility index (Phi) is 5.19. The van der Waals surface area contributed by atoms with E-state index in [0.717, 1.165) is 49.6 Å². The Morgan fingerprint density at radius 1 is 1.18 bits per heavy atom. The number of hydrogen-bond acceptors (Lipinski definition) is 4. The molecule has 6 heteroatoms. The number of rotatable bonds is 4. The fourth-order valence-electron chi connectivity index (χ4n) is 3.86. The highest BCUT2D eigenvalue weighted by molar-refractivity contribution is 5.93. The number of nitrogens with zero attached hydrogens (tertiary/aromatic N) is 5. The predicted molar refractivity (Wildman–Crippen MR) is 108 cm³/mol. The van der Waals surface area contributed by atoms with Crippen LogP contribution in [0, 0.1) is 12.8 Å². The Hall–Kier alpha value is -3.02. The van der Waals surface area contributed by atoms with Crippen LogP contribution in [-0.4, -0.2) is 43.4 Å². The standard InChI is InChI=1S/C22H25N5O/c1-16-24-14-21(26(16)2)20-8-7-17(12-25-20)11-18-5-4-10-27(15-18)22(28)19-6-3-9-23-13-19/h3,6-9,12-14,18H,4-5,10-11,15H2,1-2H3/t18-/m0/s1. The molecule has 0 radical (unpaired) electrons. The number of aromatic nitrogens is 4. The van der Waals surface area contributed by atoms with Crippen LogP contribution in [0.2, 0.25) is 0 Å². The second-order valence-electron chi connectivity index (χ2n) is 7.51. The summed E-state index contributed by atoms with van der Waals surface area (Å²) in [7, 11) is 2.00. The molecule has 0 unspecified atom stereocenters.